The highest BCUT2D eigenvalue weighted by atomic mass is 16.2. The summed E-state index contributed by atoms with van der Waals surface area (Å²) in [6.07, 6.45) is 10.4. The lowest BCUT2D eigenvalue weighted by atomic mass is 9.83. The van der Waals surface area contributed by atoms with Crippen molar-refractivity contribution in [3.05, 3.63) is 101 Å². The molecule has 2 aliphatic heterocycles. The van der Waals surface area contributed by atoms with Crippen molar-refractivity contribution in [1.29, 1.82) is 0 Å². The molecule has 3 N–H and O–H groups in total. The van der Waals surface area contributed by atoms with Crippen LogP contribution in [-0.2, 0) is 11.3 Å². The first-order valence-corrected chi connectivity index (χ1v) is 16.2. The number of carbonyl (C=O) groups is 2. The number of nitrogens with one attached hydrogen (secondary N) is 3. The first kappa shape index (κ1) is 29.2. The van der Waals surface area contributed by atoms with E-state index in [1.165, 1.54) is 44.3 Å². The number of piperidine rings is 1. The zero-order valence-corrected chi connectivity index (χ0v) is 25.3. The van der Waals surface area contributed by atoms with Gasteiger partial charge in [-0.25, -0.2) is 0 Å². The van der Waals surface area contributed by atoms with Gasteiger partial charge in [-0.2, -0.15) is 0 Å². The average molecular weight is 577 g/mol. The Morgan fingerprint density at radius 1 is 0.907 bits per heavy atom. The molecule has 1 saturated heterocycles. The molecule has 6 rings (SSSR count). The second-order valence-corrected chi connectivity index (χ2v) is 12.3. The van der Waals surface area contributed by atoms with Crippen LogP contribution in [0.15, 0.2) is 78.5 Å². The third-order valence-electron chi connectivity index (χ3n) is 9.31. The number of hydrogen-bond donors (Lipinski definition) is 3. The van der Waals surface area contributed by atoms with E-state index >= 15 is 0 Å². The summed E-state index contributed by atoms with van der Waals surface area (Å²) >= 11 is 0. The fraction of sp³-hybridized carbons (Fsp3) is 0.405. The van der Waals surface area contributed by atoms with Crippen molar-refractivity contribution in [1.82, 2.24) is 10.2 Å². The quantitative estimate of drug-likeness (QED) is 0.226. The van der Waals surface area contributed by atoms with E-state index in [-0.39, 0.29) is 23.8 Å². The molecule has 1 atom stereocenters. The summed E-state index contributed by atoms with van der Waals surface area (Å²) in [6.45, 7) is 5.42. The highest BCUT2D eigenvalue weighted by Gasteiger charge is 2.32. The van der Waals surface area contributed by atoms with Crippen molar-refractivity contribution in [2.75, 3.05) is 23.7 Å². The van der Waals surface area contributed by atoms with Crippen molar-refractivity contribution in [2.45, 2.75) is 77.3 Å². The van der Waals surface area contributed by atoms with E-state index in [1.807, 2.05) is 48.5 Å². The second-order valence-electron chi connectivity index (χ2n) is 12.3. The SMILES string of the molecule is CC[C@@H](NC(=O)c1ccc2c(c1)/C(=C(/Nc1ccc(CN3CCCCC3)cc1)C1CCCCC1)C(=O)N2)c1ccccc1. The zero-order chi connectivity index (χ0) is 29.6. The van der Waals surface area contributed by atoms with Gasteiger partial charge < -0.3 is 16.0 Å². The summed E-state index contributed by atoms with van der Waals surface area (Å²) in [5.74, 6) is 0.0419. The fourth-order valence-electron chi connectivity index (χ4n) is 6.91. The predicted octanol–water partition coefficient (Wildman–Crippen LogP) is 7.91. The van der Waals surface area contributed by atoms with Crippen LogP contribution in [0.1, 0.15) is 97.8 Å². The Kier molecular flexibility index (Phi) is 9.23. The molecular weight excluding hydrogens is 532 g/mol. The highest BCUT2D eigenvalue weighted by Crippen LogP contribution is 2.40. The van der Waals surface area contributed by atoms with Crippen LogP contribution in [0.3, 0.4) is 0 Å². The van der Waals surface area contributed by atoms with Crippen LogP contribution in [0.25, 0.3) is 5.57 Å². The Labute approximate surface area is 256 Å². The third-order valence-corrected chi connectivity index (χ3v) is 9.31. The molecule has 0 aromatic heterocycles. The molecule has 0 bridgehead atoms. The van der Waals surface area contributed by atoms with E-state index in [0.29, 0.717) is 11.1 Å². The van der Waals surface area contributed by atoms with E-state index < -0.39 is 0 Å². The van der Waals surface area contributed by atoms with Gasteiger partial charge in [-0.3, -0.25) is 14.5 Å². The Hall–Kier alpha value is -3.90. The average Bonchev–Trinajstić information content (AvgIpc) is 3.39. The number of amides is 2. The number of likely N-dealkylation sites (tertiary alicyclic amines) is 1. The van der Waals surface area contributed by atoms with Crippen LogP contribution >= 0.6 is 0 Å². The minimum absolute atomic E-state index is 0.0749. The summed E-state index contributed by atoms with van der Waals surface area (Å²) < 4.78 is 0. The van der Waals surface area contributed by atoms with Gasteiger partial charge in [0.1, 0.15) is 0 Å². The van der Waals surface area contributed by atoms with Gasteiger partial charge in [0, 0.05) is 34.7 Å². The van der Waals surface area contributed by atoms with E-state index in [4.69, 9.17) is 0 Å². The van der Waals surface area contributed by atoms with Crippen molar-refractivity contribution < 1.29 is 9.59 Å². The number of hydrogen-bond acceptors (Lipinski definition) is 4. The van der Waals surface area contributed by atoms with Gasteiger partial charge in [0.05, 0.1) is 11.6 Å². The lowest BCUT2D eigenvalue weighted by Gasteiger charge is -2.28. The molecular formula is C37H44N4O2. The summed E-state index contributed by atoms with van der Waals surface area (Å²) in [6, 6.07) is 24.3. The Balaban J connectivity index is 1.28. The van der Waals surface area contributed by atoms with Crippen LogP contribution in [-0.4, -0.2) is 29.8 Å². The predicted molar refractivity (Wildman–Crippen MR) is 175 cm³/mol. The van der Waals surface area contributed by atoms with Crippen molar-refractivity contribution in [2.24, 2.45) is 5.92 Å². The summed E-state index contributed by atoms with van der Waals surface area (Å²) in [5, 5.41) is 9.99. The maximum Gasteiger partial charge on any atom is 0.258 e. The van der Waals surface area contributed by atoms with E-state index in [2.05, 4.69) is 52.0 Å². The Morgan fingerprint density at radius 2 is 1.63 bits per heavy atom. The van der Waals surface area contributed by atoms with Gasteiger partial charge in [0.15, 0.2) is 0 Å². The molecule has 0 radical (unpaired) electrons. The monoisotopic (exact) mass is 576 g/mol. The number of nitrogens with zero attached hydrogens (tertiary/aromatic N) is 1. The molecule has 224 valence electrons. The number of anilines is 2. The minimum Gasteiger partial charge on any atom is -0.358 e. The standard InChI is InChI=1S/C37H44N4O2/c1-2-32(27-12-6-3-7-13-27)39-36(42)29-18-21-33-31(24-29)34(37(43)40-33)35(28-14-8-4-9-15-28)38-30-19-16-26(17-20-30)25-41-22-10-5-11-23-41/h3,6-7,12-13,16-21,24,28,32,38H,2,4-5,8-11,14-15,22-23,25H2,1H3,(H,39,42)(H,40,43)/b35-34-/t32-/m1/s1. The van der Waals surface area contributed by atoms with Crippen molar-refractivity contribution >= 4 is 28.8 Å². The van der Waals surface area contributed by atoms with Crippen LogP contribution < -0.4 is 16.0 Å². The molecule has 6 heteroatoms. The second kappa shape index (κ2) is 13.6. The van der Waals surface area contributed by atoms with Crippen LogP contribution in [0.2, 0.25) is 0 Å². The smallest absolute Gasteiger partial charge is 0.258 e. The Bertz CT molecular complexity index is 1450. The molecule has 3 aromatic rings. The van der Waals surface area contributed by atoms with Crippen LogP contribution in [0.4, 0.5) is 11.4 Å². The van der Waals surface area contributed by atoms with Gasteiger partial charge >= 0.3 is 0 Å². The van der Waals surface area contributed by atoms with Gasteiger partial charge in [0.2, 0.25) is 0 Å². The molecule has 3 aromatic carbocycles. The lowest BCUT2D eigenvalue weighted by Crippen LogP contribution is -2.29. The molecule has 0 spiro atoms. The van der Waals surface area contributed by atoms with Crippen molar-refractivity contribution in [3.8, 4) is 0 Å². The van der Waals surface area contributed by atoms with E-state index in [1.54, 1.807) is 0 Å². The summed E-state index contributed by atoms with van der Waals surface area (Å²) in [7, 11) is 0. The number of fused-ring (bicyclic) bond motifs is 1. The number of rotatable bonds is 9. The molecule has 3 aliphatic rings. The number of carbonyl (C=O) groups excluding carboxylic acids is 2. The first-order chi connectivity index (χ1) is 21.1. The maximum atomic E-state index is 13.6. The zero-order valence-electron chi connectivity index (χ0n) is 25.3. The normalized spacial score (nSPS) is 19.3. The third kappa shape index (κ3) is 6.86. The van der Waals surface area contributed by atoms with Gasteiger partial charge in [-0.15, -0.1) is 0 Å². The van der Waals surface area contributed by atoms with E-state index in [0.717, 1.165) is 66.8 Å². The van der Waals surface area contributed by atoms with Gasteiger partial charge in [-0.1, -0.05) is 75.1 Å². The molecule has 0 unspecified atom stereocenters. The minimum atomic E-state index is -0.131. The molecule has 1 saturated carbocycles. The Morgan fingerprint density at radius 3 is 2.35 bits per heavy atom. The molecule has 2 amide bonds. The molecule has 43 heavy (non-hydrogen) atoms. The molecule has 2 heterocycles. The van der Waals surface area contributed by atoms with Gasteiger partial charge in [-0.05, 0) is 92.6 Å². The molecule has 1 aliphatic carbocycles. The summed E-state index contributed by atoms with van der Waals surface area (Å²) in [5.41, 5.74) is 7.19. The molecule has 6 nitrogen and oxygen atoms in total. The fourth-order valence-corrected chi connectivity index (χ4v) is 6.91. The number of benzene rings is 3. The number of allylic oxidation sites excluding steroid dienone is 1. The van der Waals surface area contributed by atoms with Crippen molar-refractivity contribution in [3.63, 3.8) is 0 Å². The lowest BCUT2D eigenvalue weighted by molar-refractivity contribution is -0.110. The maximum absolute atomic E-state index is 13.6. The van der Waals surface area contributed by atoms with Crippen LogP contribution in [0.5, 0.6) is 0 Å². The first-order valence-electron chi connectivity index (χ1n) is 16.2. The highest BCUT2D eigenvalue weighted by molar-refractivity contribution is 6.32. The largest absolute Gasteiger partial charge is 0.358 e. The van der Waals surface area contributed by atoms with E-state index in [9.17, 15) is 9.59 Å². The van der Waals surface area contributed by atoms with Gasteiger partial charge in [0.25, 0.3) is 11.8 Å². The van der Waals surface area contributed by atoms with Crippen LogP contribution in [0, 0.1) is 5.92 Å². The topological polar surface area (TPSA) is 73.5 Å². The summed E-state index contributed by atoms with van der Waals surface area (Å²) in [4.78, 5) is 29.6. The molecule has 2 fully saturated rings.